The first kappa shape index (κ1) is 15.0. The van der Waals surface area contributed by atoms with Crippen molar-refractivity contribution in [1.82, 2.24) is 10.6 Å². The summed E-state index contributed by atoms with van der Waals surface area (Å²) in [6.07, 6.45) is 1.12. The molecule has 2 N–H and O–H groups in total. The zero-order valence-electron chi connectivity index (χ0n) is 12.9. The number of amides is 1. The van der Waals surface area contributed by atoms with E-state index in [1.807, 2.05) is 20.8 Å². The van der Waals surface area contributed by atoms with Gasteiger partial charge in [-0.3, -0.25) is 4.79 Å². The molecule has 0 heterocycles. The molecule has 1 amide bonds. The standard InChI is InChI=1S/C17H26N2O/c1-12-14(13-8-6-5-7-9-13)10-15(12)18-11-16(20)19-17(2,3)4/h5-9,12,14-15,18H,10-11H2,1-4H3,(H,19,20)/t12-,14+,15-/m0/s1. The van der Waals surface area contributed by atoms with Crippen molar-refractivity contribution < 1.29 is 4.79 Å². The van der Waals surface area contributed by atoms with Crippen LogP contribution < -0.4 is 10.6 Å². The van der Waals surface area contributed by atoms with Gasteiger partial charge < -0.3 is 10.6 Å². The zero-order valence-corrected chi connectivity index (χ0v) is 12.9. The van der Waals surface area contributed by atoms with E-state index in [1.165, 1.54) is 5.56 Å². The van der Waals surface area contributed by atoms with Crippen molar-refractivity contribution >= 4 is 5.91 Å². The Labute approximate surface area is 122 Å². The van der Waals surface area contributed by atoms with Gasteiger partial charge in [0.1, 0.15) is 0 Å². The summed E-state index contributed by atoms with van der Waals surface area (Å²) in [7, 11) is 0. The number of carbonyl (C=O) groups excluding carboxylic acids is 1. The Morgan fingerprint density at radius 3 is 2.45 bits per heavy atom. The Kier molecular flexibility index (Phi) is 4.48. The molecule has 1 aliphatic rings. The molecular formula is C17H26N2O. The van der Waals surface area contributed by atoms with Gasteiger partial charge in [0.05, 0.1) is 6.54 Å². The normalized spacial score (nSPS) is 25.9. The molecule has 1 fully saturated rings. The highest BCUT2D eigenvalue weighted by atomic mass is 16.2. The first-order chi connectivity index (χ1) is 9.37. The zero-order chi connectivity index (χ0) is 14.8. The molecule has 0 bridgehead atoms. The highest BCUT2D eigenvalue weighted by Crippen LogP contribution is 2.42. The first-order valence-electron chi connectivity index (χ1n) is 7.46. The van der Waals surface area contributed by atoms with E-state index in [-0.39, 0.29) is 11.4 Å². The van der Waals surface area contributed by atoms with Crippen molar-refractivity contribution in [3.63, 3.8) is 0 Å². The average molecular weight is 274 g/mol. The van der Waals surface area contributed by atoms with Crippen molar-refractivity contribution in [1.29, 1.82) is 0 Å². The van der Waals surface area contributed by atoms with Crippen LogP contribution in [0, 0.1) is 5.92 Å². The molecule has 2 rings (SSSR count). The Balaban J connectivity index is 1.76. The fraction of sp³-hybridized carbons (Fsp3) is 0.588. The molecule has 0 aliphatic heterocycles. The maximum absolute atomic E-state index is 11.8. The van der Waals surface area contributed by atoms with E-state index in [0.717, 1.165) is 6.42 Å². The summed E-state index contributed by atoms with van der Waals surface area (Å²) in [5, 5.41) is 6.36. The van der Waals surface area contributed by atoms with Crippen molar-refractivity contribution in [2.24, 2.45) is 5.92 Å². The van der Waals surface area contributed by atoms with Gasteiger partial charge in [0.25, 0.3) is 0 Å². The molecule has 20 heavy (non-hydrogen) atoms. The van der Waals surface area contributed by atoms with Crippen LogP contribution in [0.15, 0.2) is 30.3 Å². The lowest BCUT2D eigenvalue weighted by Gasteiger charge is -2.43. The van der Waals surface area contributed by atoms with Crippen LogP contribution >= 0.6 is 0 Å². The van der Waals surface area contributed by atoms with Crippen LogP contribution in [0.1, 0.15) is 45.6 Å². The lowest BCUT2D eigenvalue weighted by atomic mass is 9.67. The summed E-state index contributed by atoms with van der Waals surface area (Å²) in [6.45, 7) is 8.68. The molecule has 3 atom stereocenters. The van der Waals surface area contributed by atoms with Gasteiger partial charge in [0.15, 0.2) is 0 Å². The van der Waals surface area contributed by atoms with Gasteiger partial charge in [0.2, 0.25) is 5.91 Å². The van der Waals surface area contributed by atoms with E-state index in [4.69, 9.17) is 0 Å². The quantitative estimate of drug-likeness (QED) is 0.886. The smallest absolute Gasteiger partial charge is 0.234 e. The largest absolute Gasteiger partial charge is 0.350 e. The van der Waals surface area contributed by atoms with Crippen LogP contribution in [0.3, 0.4) is 0 Å². The molecule has 1 aromatic carbocycles. The highest BCUT2D eigenvalue weighted by Gasteiger charge is 2.38. The maximum Gasteiger partial charge on any atom is 0.234 e. The van der Waals surface area contributed by atoms with E-state index in [1.54, 1.807) is 0 Å². The third-order valence-electron chi connectivity index (χ3n) is 4.04. The van der Waals surface area contributed by atoms with Crippen LogP contribution in [0.25, 0.3) is 0 Å². The highest BCUT2D eigenvalue weighted by molar-refractivity contribution is 5.78. The number of nitrogens with one attached hydrogen (secondary N) is 2. The molecule has 0 saturated heterocycles. The second-order valence-electron chi connectivity index (χ2n) is 6.90. The minimum atomic E-state index is -0.156. The predicted molar refractivity (Wildman–Crippen MR) is 82.7 cm³/mol. The first-order valence-corrected chi connectivity index (χ1v) is 7.46. The summed E-state index contributed by atoms with van der Waals surface area (Å²) in [5.74, 6) is 1.28. The Morgan fingerprint density at radius 2 is 1.90 bits per heavy atom. The Bertz CT molecular complexity index is 450. The van der Waals surface area contributed by atoms with Crippen molar-refractivity contribution in [2.45, 2.75) is 51.6 Å². The summed E-state index contributed by atoms with van der Waals surface area (Å²) in [6, 6.07) is 11.1. The molecule has 3 heteroatoms. The van der Waals surface area contributed by atoms with Crippen LogP contribution in [0.4, 0.5) is 0 Å². The fourth-order valence-corrected chi connectivity index (χ4v) is 2.88. The van der Waals surface area contributed by atoms with Gasteiger partial charge >= 0.3 is 0 Å². The van der Waals surface area contributed by atoms with Crippen LogP contribution in [0.2, 0.25) is 0 Å². The number of benzene rings is 1. The van der Waals surface area contributed by atoms with Gasteiger partial charge in [-0.05, 0) is 44.6 Å². The third kappa shape index (κ3) is 3.83. The minimum Gasteiger partial charge on any atom is -0.350 e. The number of carbonyl (C=O) groups is 1. The predicted octanol–water partition coefficient (Wildman–Crippen LogP) is 2.68. The monoisotopic (exact) mass is 274 g/mol. The van der Waals surface area contributed by atoms with Crippen molar-refractivity contribution in [3.05, 3.63) is 35.9 Å². The maximum atomic E-state index is 11.8. The molecule has 0 radical (unpaired) electrons. The van der Waals surface area contributed by atoms with Crippen molar-refractivity contribution in [2.75, 3.05) is 6.54 Å². The fourth-order valence-electron chi connectivity index (χ4n) is 2.88. The summed E-state index contributed by atoms with van der Waals surface area (Å²) in [4.78, 5) is 11.8. The molecule has 0 aromatic heterocycles. The van der Waals surface area contributed by atoms with Gasteiger partial charge in [0, 0.05) is 11.6 Å². The third-order valence-corrected chi connectivity index (χ3v) is 4.04. The van der Waals surface area contributed by atoms with E-state index >= 15 is 0 Å². The molecule has 1 aliphatic carbocycles. The number of rotatable bonds is 4. The number of hydrogen-bond acceptors (Lipinski definition) is 2. The second-order valence-corrected chi connectivity index (χ2v) is 6.90. The molecule has 1 saturated carbocycles. The van der Waals surface area contributed by atoms with E-state index in [9.17, 15) is 4.79 Å². The molecule has 110 valence electrons. The van der Waals surface area contributed by atoms with E-state index in [2.05, 4.69) is 47.9 Å². The van der Waals surface area contributed by atoms with Gasteiger partial charge in [-0.15, -0.1) is 0 Å². The molecule has 3 nitrogen and oxygen atoms in total. The Hall–Kier alpha value is -1.35. The Morgan fingerprint density at radius 1 is 1.25 bits per heavy atom. The summed E-state index contributed by atoms with van der Waals surface area (Å²) >= 11 is 0. The van der Waals surface area contributed by atoms with Gasteiger partial charge in [-0.2, -0.15) is 0 Å². The summed E-state index contributed by atoms with van der Waals surface area (Å²) < 4.78 is 0. The van der Waals surface area contributed by atoms with Crippen molar-refractivity contribution in [3.8, 4) is 0 Å². The van der Waals surface area contributed by atoms with Crippen LogP contribution in [-0.2, 0) is 4.79 Å². The molecule has 1 aromatic rings. The SMILES string of the molecule is C[C@@H]1[C@@H](NCC(=O)NC(C)(C)C)C[C@H]1c1ccccc1. The molecule has 0 unspecified atom stereocenters. The lowest BCUT2D eigenvalue weighted by Crippen LogP contribution is -2.52. The molecular weight excluding hydrogens is 248 g/mol. The summed E-state index contributed by atoms with van der Waals surface area (Å²) in [5.41, 5.74) is 1.26. The lowest BCUT2D eigenvalue weighted by molar-refractivity contribution is -0.122. The molecule has 0 spiro atoms. The second kappa shape index (κ2) is 5.96. The van der Waals surface area contributed by atoms with Crippen LogP contribution in [0.5, 0.6) is 0 Å². The van der Waals surface area contributed by atoms with E-state index < -0.39 is 0 Å². The number of hydrogen-bond donors (Lipinski definition) is 2. The van der Waals surface area contributed by atoms with E-state index in [0.29, 0.717) is 24.4 Å². The average Bonchev–Trinajstić information content (AvgIpc) is 2.36. The van der Waals surface area contributed by atoms with Crippen LogP contribution in [-0.4, -0.2) is 24.0 Å². The van der Waals surface area contributed by atoms with Gasteiger partial charge in [-0.25, -0.2) is 0 Å². The topological polar surface area (TPSA) is 41.1 Å². The van der Waals surface area contributed by atoms with Gasteiger partial charge in [-0.1, -0.05) is 37.3 Å². The minimum absolute atomic E-state index is 0.0767.